The van der Waals surface area contributed by atoms with Gasteiger partial charge in [0, 0.05) is 45.8 Å². The van der Waals surface area contributed by atoms with Crippen LogP contribution in [0, 0.1) is 5.82 Å². The number of pyridine rings is 1. The number of halogens is 1. The molecular weight excluding hydrogens is 427 g/mol. The summed E-state index contributed by atoms with van der Waals surface area (Å²) in [6.45, 7) is 3.85. The number of aromatic nitrogens is 4. The van der Waals surface area contributed by atoms with Gasteiger partial charge < -0.3 is 20.4 Å². The largest absolute Gasteiger partial charge is 0.368 e. The van der Waals surface area contributed by atoms with Crippen molar-refractivity contribution in [3.63, 3.8) is 0 Å². The van der Waals surface area contributed by atoms with Gasteiger partial charge in [-0.2, -0.15) is 0 Å². The van der Waals surface area contributed by atoms with Gasteiger partial charge in [-0.1, -0.05) is 17.4 Å². The van der Waals surface area contributed by atoms with Crippen molar-refractivity contribution in [3.8, 4) is 11.3 Å². The maximum Gasteiger partial charge on any atom is 0.229 e. The molecule has 164 valence electrons. The molecule has 0 amide bonds. The highest BCUT2D eigenvalue weighted by atomic mass is 32.1. The zero-order valence-corrected chi connectivity index (χ0v) is 18.7. The predicted molar refractivity (Wildman–Crippen MR) is 128 cm³/mol. The molecule has 1 aromatic carbocycles. The third kappa shape index (κ3) is 4.19. The standard InChI is InChI=1S/C22H23FN8S/c1-30(2)22-27-17-5-3-14(11-18(17)32-22)20-16(23)13-26-21(29-20)28-19-6-4-15(12-25-19)31-9-7-24-8-10-31/h3-6,11-13,24H,7-10H2,1-2H3,(H,25,26,28,29). The molecule has 0 saturated carbocycles. The van der Waals surface area contributed by atoms with E-state index in [1.165, 1.54) is 6.20 Å². The first-order valence-corrected chi connectivity index (χ1v) is 11.2. The molecule has 1 aliphatic heterocycles. The van der Waals surface area contributed by atoms with Crippen LogP contribution in [0.15, 0.2) is 42.7 Å². The monoisotopic (exact) mass is 450 g/mol. The van der Waals surface area contributed by atoms with Gasteiger partial charge in [0.15, 0.2) is 10.9 Å². The fraction of sp³-hybridized carbons (Fsp3) is 0.273. The lowest BCUT2D eigenvalue weighted by Gasteiger charge is -2.29. The molecule has 10 heteroatoms. The van der Waals surface area contributed by atoms with Gasteiger partial charge in [-0.15, -0.1) is 0 Å². The molecule has 0 aliphatic carbocycles. The van der Waals surface area contributed by atoms with E-state index >= 15 is 0 Å². The number of rotatable bonds is 5. The molecule has 32 heavy (non-hydrogen) atoms. The summed E-state index contributed by atoms with van der Waals surface area (Å²) in [5.74, 6) is 0.423. The predicted octanol–water partition coefficient (Wildman–Crippen LogP) is 3.51. The Balaban J connectivity index is 1.38. The molecule has 1 saturated heterocycles. The molecule has 0 bridgehead atoms. The molecule has 0 radical (unpaired) electrons. The van der Waals surface area contributed by atoms with Crippen molar-refractivity contribution in [1.29, 1.82) is 0 Å². The van der Waals surface area contributed by atoms with E-state index in [1.807, 2.05) is 55.5 Å². The van der Waals surface area contributed by atoms with Gasteiger partial charge in [-0.05, 0) is 24.3 Å². The minimum Gasteiger partial charge on any atom is -0.368 e. The van der Waals surface area contributed by atoms with Crippen molar-refractivity contribution in [3.05, 3.63) is 48.5 Å². The number of nitrogens with one attached hydrogen (secondary N) is 2. The Morgan fingerprint density at radius 3 is 2.66 bits per heavy atom. The van der Waals surface area contributed by atoms with Crippen LogP contribution in [0.3, 0.4) is 0 Å². The van der Waals surface area contributed by atoms with E-state index < -0.39 is 5.82 Å². The Hall–Kier alpha value is -3.37. The second-order valence-electron chi connectivity index (χ2n) is 7.73. The normalized spacial score (nSPS) is 14.0. The average molecular weight is 451 g/mol. The highest BCUT2D eigenvalue weighted by Crippen LogP contribution is 2.32. The molecular formula is C22H23FN8S. The van der Waals surface area contributed by atoms with Crippen LogP contribution in [0.25, 0.3) is 21.5 Å². The second kappa shape index (κ2) is 8.64. The highest BCUT2D eigenvalue weighted by molar-refractivity contribution is 7.22. The third-order valence-corrected chi connectivity index (χ3v) is 6.43. The number of hydrogen-bond donors (Lipinski definition) is 2. The lowest BCUT2D eigenvalue weighted by molar-refractivity contribution is 0.589. The summed E-state index contributed by atoms with van der Waals surface area (Å²) in [7, 11) is 3.90. The fourth-order valence-electron chi connectivity index (χ4n) is 3.57. The smallest absolute Gasteiger partial charge is 0.229 e. The van der Waals surface area contributed by atoms with Gasteiger partial charge in [0.2, 0.25) is 5.95 Å². The Morgan fingerprint density at radius 1 is 1.06 bits per heavy atom. The molecule has 2 N–H and O–H groups in total. The molecule has 4 heterocycles. The average Bonchev–Trinajstić information content (AvgIpc) is 3.25. The first-order valence-electron chi connectivity index (χ1n) is 10.4. The van der Waals surface area contributed by atoms with Crippen molar-refractivity contribution >= 4 is 44.1 Å². The van der Waals surface area contributed by atoms with E-state index in [4.69, 9.17) is 0 Å². The Bertz CT molecular complexity index is 1230. The molecule has 8 nitrogen and oxygen atoms in total. The lowest BCUT2D eigenvalue weighted by Crippen LogP contribution is -2.43. The van der Waals surface area contributed by atoms with E-state index in [0.717, 1.165) is 47.2 Å². The van der Waals surface area contributed by atoms with Gasteiger partial charge >= 0.3 is 0 Å². The molecule has 0 unspecified atom stereocenters. The van der Waals surface area contributed by atoms with Gasteiger partial charge in [-0.25, -0.2) is 24.3 Å². The molecule has 1 aliphatic rings. The molecule has 5 rings (SSSR count). The van der Waals surface area contributed by atoms with Crippen LogP contribution in [0.1, 0.15) is 0 Å². The maximum absolute atomic E-state index is 14.6. The van der Waals surface area contributed by atoms with Crippen LogP contribution in [0.4, 0.5) is 27.0 Å². The van der Waals surface area contributed by atoms with Crippen molar-refractivity contribution in [2.45, 2.75) is 0 Å². The number of hydrogen-bond acceptors (Lipinski definition) is 9. The summed E-state index contributed by atoms with van der Waals surface area (Å²) in [5.41, 5.74) is 2.87. The van der Waals surface area contributed by atoms with Gasteiger partial charge in [0.1, 0.15) is 11.5 Å². The van der Waals surface area contributed by atoms with Crippen molar-refractivity contribution in [2.75, 3.05) is 55.4 Å². The molecule has 4 aromatic rings. The first kappa shape index (κ1) is 20.5. The van der Waals surface area contributed by atoms with E-state index in [-0.39, 0.29) is 5.69 Å². The SMILES string of the molecule is CN(C)c1nc2ccc(-c3nc(Nc4ccc(N5CCNCC5)cn4)ncc3F)cc2s1. The number of piperazine rings is 1. The van der Waals surface area contributed by atoms with Crippen LogP contribution >= 0.6 is 11.3 Å². The molecule has 1 fully saturated rings. The van der Waals surface area contributed by atoms with E-state index in [2.05, 4.69) is 35.5 Å². The Kier molecular flexibility index (Phi) is 5.54. The number of anilines is 4. The number of thiazole rings is 1. The van der Waals surface area contributed by atoms with Crippen LogP contribution in [-0.4, -0.2) is 60.2 Å². The highest BCUT2D eigenvalue weighted by Gasteiger charge is 2.14. The van der Waals surface area contributed by atoms with Crippen molar-refractivity contribution < 1.29 is 4.39 Å². The quantitative estimate of drug-likeness (QED) is 0.478. The lowest BCUT2D eigenvalue weighted by atomic mass is 10.1. The summed E-state index contributed by atoms with van der Waals surface area (Å²) in [5, 5.41) is 7.32. The van der Waals surface area contributed by atoms with E-state index in [0.29, 0.717) is 17.3 Å². The van der Waals surface area contributed by atoms with E-state index in [1.54, 1.807) is 11.3 Å². The van der Waals surface area contributed by atoms with Gasteiger partial charge in [0.05, 0.1) is 28.3 Å². The Labute approximate surface area is 189 Å². The third-order valence-electron chi connectivity index (χ3n) is 5.25. The topological polar surface area (TPSA) is 82.1 Å². The molecule has 0 spiro atoms. The number of nitrogens with zero attached hydrogens (tertiary/aromatic N) is 6. The summed E-state index contributed by atoms with van der Waals surface area (Å²) >= 11 is 1.56. The molecule has 0 atom stereocenters. The summed E-state index contributed by atoms with van der Waals surface area (Å²) in [6.07, 6.45) is 3.01. The summed E-state index contributed by atoms with van der Waals surface area (Å²) in [6, 6.07) is 9.53. The van der Waals surface area contributed by atoms with Gasteiger partial charge in [0.25, 0.3) is 0 Å². The molecule has 3 aromatic heterocycles. The fourth-order valence-corrected chi connectivity index (χ4v) is 4.49. The number of benzene rings is 1. The number of fused-ring (bicyclic) bond motifs is 1. The van der Waals surface area contributed by atoms with E-state index in [9.17, 15) is 4.39 Å². The first-order chi connectivity index (χ1) is 15.6. The second-order valence-corrected chi connectivity index (χ2v) is 8.74. The summed E-state index contributed by atoms with van der Waals surface area (Å²) in [4.78, 5) is 21.8. The minimum absolute atomic E-state index is 0.238. The van der Waals surface area contributed by atoms with Crippen molar-refractivity contribution in [2.24, 2.45) is 0 Å². The minimum atomic E-state index is -0.478. The zero-order chi connectivity index (χ0) is 22.1. The Morgan fingerprint density at radius 2 is 1.91 bits per heavy atom. The van der Waals surface area contributed by atoms with Crippen LogP contribution in [0.5, 0.6) is 0 Å². The summed E-state index contributed by atoms with van der Waals surface area (Å²) < 4.78 is 15.6. The van der Waals surface area contributed by atoms with Crippen molar-refractivity contribution in [1.82, 2.24) is 25.3 Å². The zero-order valence-electron chi connectivity index (χ0n) is 17.8. The maximum atomic E-state index is 14.6. The van der Waals surface area contributed by atoms with Crippen LogP contribution in [0.2, 0.25) is 0 Å². The van der Waals surface area contributed by atoms with Gasteiger partial charge in [-0.3, -0.25) is 0 Å². The van der Waals surface area contributed by atoms with Crippen LogP contribution < -0.4 is 20.4 Å². The van der Waals surface area contributed by atoms with Crippen LogP contribution in [-0.2, 0) is 0 Å².